The van der Waals surface area contributed by atoms with Crippen LogP contribution in [0.3, 0.4) is 0 Å². The Hall–Kier alpha value is -1.63. The van der Waals surface area contributed by atoms with E-state index in [-0.39, 0.29) is 18.1 Å². The number of likely N-dealkylation sites (N-methyl/N-ethyl adjacent to an activating group) is 1. The van der Waals surface area contributed by atoms with E-state index in [1.807, 2.05) is 45.3 Å². The van der Waals surface area contributed by atoms with Crippen molar-refractivity contribution in [2.75, 3.05) is 54.0 Å². The van der Waals surface area contributed by atoms with E-state index in [2.05, 4.69) is 15.1 Å². The molecule has 1 saturated heterocycles. The van der Waals surface area contributed by atoms with Crippen LogP contribution in [0.4, 0.5) is 0 Å². The largest absolute Gasteiger partial charge is 0.496 e. The highest BCUT2D eigenvalue weighted by Gasteiger charge is 2.23. The molecule has 0 saturated carbocycles. The number of nitrogens with zero attached hydrogens (tertiary/aromatic N) is 2. The van der Waals surface area contributed by atoms with E-state index in [0.29, 0.717) is 13.2 Å². The number of hydrogen-bond acceptors (Lipinski definition) is 5. The van der Waals surface area contributed by atoms with Gasteiger partial charge in [0.05, 0.1) is 32.4 Å². The average Bonchev–Trinajstić information content (AvgIpc) is 2.54. The minimum Gasteiger partial charge on any atom is -0.496 e. The lowest BCUT2D eigenvalue weighted by molar-refractivity contribution is -0.125. The van der Waals surface area contributed by atoms with Crippen LogP contribution in [0, 0.1) is 0 Å². The number of hydrogen-bond donors (Lipinski definition) is 1. The van der Waals surface area contributed by atoms with E-state index in [1.54, 1.807) is 7.11 Å². The van der Waals surface area contributed by atoms with Crippen LogP contribution in [0.25, 0.3) is 0 Å². The van der Waals surface area contributed by atoms with E-state index in [1.165, 1.54) is 0 Å². The molecule has 1 aromatic rings. The molecule has 0 radical (unpaired) electrons. The number of carbonyl (C=O) groups excluding carboxylic acids is 1. The molecule has 6 nitrogen and oxygen atoms in total. The topological polar surface area (TPSA) is 54.0 Å². The van der Waals surface area contributed by atoms with Crippen LogP contribution < -0.4 is 10.1 Å². The van der Waals surface area contributed by atoms with Crippen molar-refractivity contribution in [1.82, 2.24) is 15.1 Å². The first kappa shape index (κ1) is 18.7. The fraction of sp³-hybridized carbons (Fsp3) is 0.611. The maximum atomic E-state index is 12.4. The predicted octanol–water partition coefficient (Wildman–Crippen LogP) is 1.13. The first-order valence-corrected chi connectivity index (χ1v) is 8.40. The van der Waals surface area contributed by atoms with Gasteiger partial charge in [-0.2, -0.15) is 0 Å². The highest BCUT2D eigenvalue weighted by molar-refractivity contribution is 5.78. The molecule has 0 bridgehead atoms. The average molecular weight is 335 g/mol. The third-order valence-corrected chi connectivity index (χ3v) is 4.14. The summed E-state index contributed by atoms with van der Waals surface area (Å²) in [6.07, 6.45) is 0.160. The molecule has 0 aromatic heterocycles. The molecule has 2 atom stereocenters. The quantitative estimate of drug-likeness (QED) is 0.810. The van der Waals surface area contributed by atoms with Crippen LogP contribution in [-0.4, -0.2) is 75.8 Å². The fourth-order valence-corrected chi connectivity index (χ4v) is 3.03. The highest BCUT2D eigenvalue weighted by Crippen LogP contribution is 2.24. The van der Waals surface area contributed by atoms with Gasteiger partial charge in [0.15, 0.2) is 0 Å². The van der Waals surface area contributed by atoms with Gasteiger partial charge in [-0.3, -0.25) is 9.69 Å². The minimum atomic E-state index is -0.0905. The van der Waals surface area contributed by atoms with Gasteiger partial charge in [0, 0.05) is 25.2 Å². The number of ether oxygens (including phenoxy) is 2. The number of carbonyl (C=O) groups is 1. The molecule has 1 heterocycles. The molecular weight excluding hydrogens is 306 g/mol. The summed E-state index contributed by atoms with van der Waals surface area (Å²) in [6.45, 7) is 5.50. The Morgan fingerprint density at radius 3 is 2.92 bits per heavy atom. The van der Waals surface area contributed by atoms with Gasteiger partial charge in [-0.15, -0.1) is 0 Å². The second kappa shape index (κ2) is 9.01. The molecule has 1 N–H and O–H groups in total. The Morgan fingerprint density at radius 2 is 2.21 bits per heavy atom. The van der Waals surface area contributed by atoms with Gasteiger partial charge < -0.3 is 19.7 Å². The van der Waals surface area contributed by atoms with E-state index >= 15 is 0 Å². The zero-order valence-electron chi connectivity index (χ0n) is 15.1. The van der Waals surface area contributed by atoms with Gasteiger partial charge in [-0.05, 0) is 27.1 Å². The Bertz CT molecular complexity index is 536. The zero-order valence-corrected chi connectivity index (χ0v) is 15.1. The SMILES string of the molecule is COc1ccccc1[C@H](C)NC(=O)CN1CCO[C@@H](CN(C)C)C1. The van der Waals surface area contributed by atoms with Crippen molar-refractivity contribution in [3.05, 3.63) is 29.8 Å². The molecule has 134 valence electrons. The van der Waals surface area contributed by atoms with Crippen LogP contribution in [-0.2, 0) is 9.53 Å². The molecule has 1 aromatic carbocycles. The van der Waals surface area contributed by atoms with Gasteiger partial charge in [0.2, 0.25) is 5.91 Å². The molecule has 0 aliphatic carbocycles. The van der Waals surface area contributed by atoms with Crippen LogP contribution in [0.15, 0.2) is 24.3 Å². The van der Waals surface area contributed by atoms with Crippen molar-refractivity contribution in [2.24, 2.45) is 0 Å². The van der Waals surface area contributed by atoms with E-state index < -0.39 is 0 Å². The summed E-state index contributed by atoms with van der Waals surface area (Å²) in [5, 5.41) is 3.06. The first-order chi connectivity index (χ1) is 11.5. The van der Waals surface area contributed by atoms with Gasteiger partial charge in [-0.25, -0.2) is 0 Å². The van der Waals surface area contributed by atoms with Gasteiger partial charge in [0.1, 0.15) is 5.75 Å². The fourth-order valence-electron chi connectivity index (χ4n) is 3.03. The maximum absolute atomic E-state index is 12.4. The molecule has 0 spiro atoms. The van der Waals surface area contributed by atoms with Crippen molar-refractivity contribution >= 4 is 5.91 Å². The predicted molar refractivity (Wildman–Crippen MR) is 94.3 cm³/mol. The van der Waals surface area contributed by atoms with Crippen LogP contribution in [0.2, 0.25) is 0 Å². The Labute approximate surface area is 144 Å². The summed E-state index contributed by atoms with van der Waals surface area (Å²) in [5.41, 5.74) is 0.987. The zero-order chi connectivity index (χ0) is 17.5. The molecule has 1 aliphatic heterocycles. The molecule has 1 aliphatic rings. The summed E-state index contributed by atoms with van der Waals surface area (Å²) >= 11 is 0. The van der Waals surface area contributed by atoms with Gasteiger partial charge in [0.25, 0.3) is 0 Å². The van der Waals surface area contributed by atoms with Crippen molar-refractivity contribution < 1.29 is 14.3 Å². The van der Waals surface area contributed by atoms with E-state index in [9.17, 15) is 4.79 Å². The third-order valence-electron chi connectivity index (χ3n) is 4.14. The van der Waals surface area contributed by atoms with Crippen molar-refractivity contribution in [2.45, 2.75) is 19.1 Å². The maximum Gasteiger partial charge on any atom is 0.234 e. The van der Waals surface area contributed by atoms with Crippen LogP contribution >= 0.6 is 0 Å². The van der Waals surface area contributed by atoms with E-state index in [4.69, 9.17) is 9.47 Å². The lowest BCUT2D eigenvalue weighted by Crippen LogP contribution is -2.49. The number of benzene rings is 1. The number of rotatable bonds is 7. The molecule has 1 amide bonds. The number of morpholine rings is 1. The second-order valence-corrected chi connectivity index (χ2v) is 6.52. The number of amides is 1. The number of nitrogens with one attached hydrogen (secondary N) is 1. The van der Waals surface area contributed by atoms with Crippen molar-refractivity contribution in [1.29, 1.82) is 0 Å². The normalized spacial score (nSPS) is 20.0. The summed E-state index contributed by atoms with van der Waals surface area (Å²) in [5.74, 6) is 0.821. The minimum absolute atomic E-state index is 0.0268. The summed E-state index contributed by atoms with van der Waals surface area (Å²) in [6, 6.07) is 7.67. The molecule has 6 heteroatoms. The molecular formula is C18H29N3O3. The monoisotopic (exact) mass is 335 g/mol. The smallest absolute Gasteiger partial charge is 0.234 e. The second-order valence-electron chi connectivity index (χ2n) is 6.52. The first-order valence-electron chi connectivity index (χ1n) is 8.40. The summed E-state index contributed by atoms with van der Waals surface area (Å²) in [7, 11) is 5.71. The standard InChI is InChI=1S/C18H29N3O3/c1-14(16-7-5-6-8-17(16)23-4)19-18(22)13-21-9-10-24-15(12-21)11-20(2)3/h5-8,14-15H,9-13H2,1-4H3,(H,19,22)/t14-,15-/m0/s1. The van der Waals surface area contributed by atoms with Crippen LogP contribution in [0.1, 0.15) is 18.5 Å². The van der Waals surface area contributed by atoms with Crippen molar-refractivity contribution in [3.63, 3.8) is 0 Å². The lowest BCUT2D eigenvalue weighted by atomic mass is 10.1. The van der Waals surface area contributed by atoms with Gasteiger partial charge in [-0.1, -0.05) is 18.2 Å². The molecule has 1 fully saturated rings. The van der Waals surface area contributed by atoms with Crippen LogP contribution in [0.5, 0.6) is 5.75 Å². The number of methoxy groups -OCH3 is 1. The summed E-state index contributed by atoms with van der Waals surface area (Å²) < 4.78 is 11.1. The molecule has 24 heavy (non-hydrogen) atoms. The molecule has 0 unspecified atom stereocenters. The van der Waals surface area contributed by atoms with Crippen molar-refractivity contribution in [3.8, 4) is 5.75 Å². The Morgan fingerprint density at radius 1 is 1.46 bits per heavy atom. The summed E-state index contributed by atoms with van der Waals surface area (Å²) in [4.78, 5) is 16.6. The third kappa shape index (κ3) is 5.47. The Balaban J connectivity index is 1.86. The highest BCUT2D eigenvalue weighted by atomic mass is 16.5. The number of para-hydroxylation sites is 1. The lowest BCUT2D eigenvalue weighted by Gasteiger charge is -2.34. The Kier molecular flexibility index (Phi) is 7.02. The van der Waals surface area contributed by atoms with E-state index in [0.717, 1.165) is 30.9 Å². The molecule has 2 rings (SSSR count). The van der Waals surface area contributed by atoms with Gasteiger partial charge >= 0.3 is 0 Å².